The van der Waals surface area contributed by atoms with E-state index in [0.717, 1.165) is 0 Å². The fourth-order valence-corrected chi connectivity index (χ4v) is 1.21. The summed E-state index contributed by atoms with van der Waals surface area (Å²) in [5, 5.41) is 0. The molecule has 1 aromatic carbocycles. The van der Waals surface area contributed by atoms with E-state index in [4.69, 9.17) is 4.74 Å². The number of rotatable bonds is 4. The maximum absolute atomic E-state index is 13.3. The third kappa shape index (κ3) is 2.22. The third-order valence-electron chi connectivity index (χ3n) is 1.92. The second-order valence-corrected chi connectivity index (χ2v) is 2.96. The van der Waals surface area contributed by atoms with E-state index in [0.29, 0.717) is 18.1 Å². The minimum Gasteiger partial charge on any atom is -0.490 e. The smallest absolute Gasteiger partial charge is 0.165 e. The van der Waals surface area contributed by atoms with Gasteiger partial charge in [0.05, 0.1) is 13.3 Å². The fraction of sp³-hybridized carbons (Fsp3) is 0.364. The van der Waals surface area contributed by atoms with Gasteiger partial charge in [-0.3, -0.25) is 4.39 Å². The Kier molecular flexibility index (Phi) is 3.86. The fourth-order valence-electron chi connectivity index (χ4n) is 1.21. The number of alkyl halides is 1. The Balaban J connectivity index is 3.07. The van der Waals surface area contributed by atoms with Crippen LogP contribution in [0.15, 0.2) is 18.2 Å². The second-order valence-electron chi connectivity index (χ2n) is 2.96. The van der Waals surface area contributed by atoms with Gasteiger partial charge in [-0.15, -0.1) is 0 Å². The van der Waals surface area contributed by atoms with Gasteiger partial charge in [0.15, 0.2) is 11.6 Å². The molecule has 0 aliphatic rings. The minimum absolute atomic E-state index is 0.144. The Hall–Kier alpha value is -1.12. The first kappa shape index (κ1) is 11.0. The molecular weight excluding hydrogens is 186 g/mol. The van der Waals surface area contributed by atoms with Gasteiger partial charge in [0, 0.05) is 11.5 Å². The molecule has 1 nitrogen and oxygen atoms in total. The van der Waals surface area contributed by atoms with Crippen LogP contribution in [-0.2, 0) is 0 Å². The highest BCUT2D eigenvalue weighted by Crippen LogP contribution is 2.28. The van der Waals surface area contributed by atoms with Gasteiger partial charge in [-0.25, -0.2) is 4.39 Å². The molecule has 0 aliphatic carbocycles. The largest absolute Gasteiger partial charge is 0.490 e. The van der Waals surface area contributed by atoms with Crippen LogP contribution in [0.2, 0.25) is 0 Å². The van der Waals surface area contributed by atoms with E-state index >= 15 is 0 Å². The van der Waals surface area contributed by atoms with Crippen LogP contribution < -0.4 is 4.74 Å². The minimum atomic E-state index is -0.594. The average Bonchev–Trinajstić information content (AvgIpc) is 2.20. The molecule has 0 unspecified atom stereocenters. The molecule has 0 spiro atoms. The van der Waals surface area contributed by atoms with Gasteiger partial charge in [-0.1, -0.05) is 19.1 Å². The van der Waals surface area contributed by atoms with Crippen LogP contribution in [0.4, 0.5) is 8.78 Å². The second kappa shape index (κ2) is 4.94. The molecule has 0 amide bonds. The van der Waals surface area contributed by atoms with Gasteiger partial charge in [-0.05, 0) is 13.0 Å². The molecule has 1 rings (SSSR count). The quantitative estimate of drug-likeness (QED) is 0.723. The van der Waals surface area contributed by atoms with E-state index in [1.165, 1.54) is 6.07 Å². The van der Waals surface area contributed by atoms with Crippen molar-refractivity contribution in [2.45, 2.75) is 13.8 Å². The summed E-state index contributed by atoms with van der Waals surface area (Å²) in [7, 11) is 0. The molecule has 0 saturated carbocycles. The third-order valence-corrected chi connectivity index (χ3v) is 1.92. The molecule has 0 bridgehead atoms. The van der Waals surface area contributed by atoms with Gasteiger partial charge in [-0.2, -0.15) is 0 Å². The molecule has 77 valence electrons. The normalized spacial score (nSPS) is 10.6. The Morgan fingerprint density at radius 2 is 2.14 bits per heavy atom. The first-order chi connectivity index (χ1) is 6.70. The standard InChI is InChI=1S/C11H13F2O/c1-3-14-11-9(8(2)7-12)5-4-6-10(11)13/h4-6H,3,7H2,1-2H3. The number of halogens is 2. The summed E-state index contributed by atoms with van der Waals surface area (Å²) in [6, 6.07) is 4.51. The van der Waals surface area contributed by atoms with Crippen molar-refractivity contribution >= 4 is 0 Å². The van der Waals surface area contributed by atoms with Crippen LogP contribution in [0.1, 0.15) is 19.4 Å². The van der Waals surface area contributed by atoms with E-state index in [9.17, 15) is 8.78 Å². The summed E-state index contributed by atoms with van der Waals surface area (Å²) in [6.07, 6.45) is 0. The van der Waals surface area contributed by atoms with Gasteiger partial charge in [0.1, 0.15) is 0 Å². The molecule has 0 saturated heterocycles. The Morgan fingerprint density at radius 1 is 1.43 bits per heavy atom. The number of hydrogen-bond acceptors (Lipinski definition) is 1. The Morgan fingerprint density at radius 3 is 2.71 bits per heavy atom. The van der Waals surface area contributed by atoms with Crippen molar-refractivity contribution in [1.82, 2.24) is 0 Å². The Bertz CT molecular complexity index is 299. The topological polar surface area (TPSA) is 9.23 Å². The lowest BCUT2D eigenvalue weighted by atomic mass is 10.0. The van der Waals surface area contributed by atoms with E-state index in [1.54, 1.807) is 26.0 Å². The van der Waals surface area contributed by atoms with Gasteiger partial charge >= 0.3 is 0 Å². The highest BCUT2D eigenvalue weighted by molar-refractivity contribution is 5.43. The van der Waals surface area contributed by atoms with Crippen molar-refractivity contribution < 1.29 is 13.5 Å². The first-order valence-corrected chi connectivity index (χ1v) is 4.50. The van der Waals surface area contributed by atoms with Crippen LogP contribution in [-0.4, -0.2) is 13.3 Å². The van der Waals surface area contributed by atoms with Crippen LogP contribution in [0.25, 0.3) is 0 Å². The zero-order valence-electron chi connectivity index (χ0n) is 8.31. The predicted octanol–water partition coefficient (Wildman–Crippen LogP) is 3.14. The summed E-state index contributed by atoms with van der Waals surface area (Å²) in [5.41, 5.74) is 0.509. The van der Waals surface area contributed by atoms with E-state index in [1.807, 2.05) is 0 Å². The van der Waals surface area contributed by atoms with E-state index in [2.05, 4.69) is 0 Å². The molecule has 1 radical (unpaired) electrons. The van der Waals surface area contributed by atoms with Crippen molar-refractivity contribution in [2.75, 3.05) is 13.3 Å². The van der Waals surface area contributed by atoms with E-state index < -0.39 is 12.5 Å². The summed E-state index contributed by atoms with van der Waals surface area (Å²) in [4.78, 5) is 0. The summed E-state index contributed by atoms with van der Waals surface area (Å²) in [5.74, 6) is 0.176. The number of benzene rings is 1. The maximum Gasteiger partial charge on any atom is 0.165 e. The highest BCUT2D eigenvalue weighted by atomic mass is 19.1. The Labute approximate surface area is 82.7 Å². The zero-order valence-corrected chi connectivity index (χ0v) is 8.31. The SMILES string of the molecule is CCOc1c(F)cccc1[C](C)CF. The average molecular weight is 199 g/mol. The zero-order chi connectivity index (χ0) is 10.6. The first-order valence-electron chi connectivity index (χ1n) is 4.50. The molecule has 1 aromatic rings. The predicted molar refractivity (Wildman–Crippen MR) is 51.6 cm³/mol. The van der Waals surface area contributed by atoms with Gasteiger partial charge in [0.25, 0.3) is 0 Å². The molecule has 0 fully saturated rings. The lowest BCUT2D eigenvalue weighted by molar-refractivity contribution is 0.317. The molecule has 0 aromatic heterocycles. The number of ether oxygens (including phenoxy) is 1. The molecule has 0 aliphatic heterocycles. The summed E-state index contributed by atoms with van der Waals surface area (Å²) >= 11 is 0. The van der Waals surface area contributed by atoms with Crippen molar-refractivity contribution in [3.05, 3.63) is 35.5 Å². The lowest BCUT2D eigenvalue weighted by Crippen LogP contribution is -2.04. The molecule has 0 heterocycles. The summed E-state index contributed by atoms with van der Waals surface area (Å²) < 4.78 is 30.8. The van der Waals surface area contributed by atoms with Crippen LogP contribution in [0, 0.1) is 11.7 Å². The molecular formula is C11H13F2O. The van der Waals surface area contributed by atoms with Crippen molar-refractivity contribution in [3.63, 3.8) is 0 Å². The van der Waals surface area contributed by atoms with Crippen LogP contribution >= 0.6 is 0 Å². The lowest BCUT2D eigenvalue weighted by Gasteiger charge is -2.13. The van der Waals surface area contributed by atoms with E-state index in [-0.39, 0.29) is 5.75 Å². The molecule has 3 heteroatoms. The van der Waals surface area contributed by atoms with Gasteiger partial charge in [0.2, 0.25) is 0 Å². The maximum atomic E-state index is 13.3. The number of hydrogen-bond donors (Lipinski definition) is 0. The van der Waals surface area contributed by atoms with Crippen LogP contribution in [0.3, 0.4) is 0 Å². The molecule has 0 N–H and O–H groups in total. The van der Waals surface area contributed by atoms with Crippen LogP contribution in [0.5, 0.6) is 5.75 Å². The van der Waals surface area contributed by atoms with Crippen molar-refractivity contribution in [3.8, 4) is 5.75 Å². The van der Waals surface area contributed by atoms with Crippen molar-refractivity contribution in [1.29, 1.82) is 0 Å². The molecule has 0 atom stereocenters. The number of para-hydroxylation sites is 1. The van der Waals surface area contributed by atoms with Crippen molar-refractivity contribution in [2.24, 2.45) is 0 Å². The molecule has 14 heavy (non-hydrogen) atoms. The van der Waals surface area contributed by atoms with Gasteiger partial charge < -0.3 is 4.74 Å². The summed E-state index contributed by atoms with van der Waals surface area (Å²) in [6.45, 7) is 3.16. The monoisotopic (exact) mass is 199 g/mol. The highest BCUT2D eigenvalue weighted by Gasteiger charge is 2.15.